The number of hydrogen-bond acceptors (Lipinski definition) is 7. The number of furan rings is 1. The molecular weight excluding hydrogens is 306 g/mol. The van der Waals surface area contributed by atoms with Gasteiger partial charge in [-0.05, 0) is 25.1 Å². The SMILES string of the molecule is CCCN1CCN(c2cc3nc(-c4ccco4)nn3c(N)n2)CC1. The maximum Gasteiger partial charge on any atom is 0.225 e. The normalized spacial score (nSPS) is 16.1. The monoisotopic (exact) mass is 327 g/mol. The molecule has 0 saturated carbocycles. The van der Waals surface area contributed by atoms with Gasteiger partial charge in [0, 0.05) is 32.2 Å². The van der Waals surface area contributed by atoms with Crippen molar-refractivity contribution < 1.29 is 4.42 Å². The summed E-state index contributed by atoms with van der Waals surface area (Å²) in [6.07, 6.45) is 2.79. The summed E-state index contributed by atoms with van der Waals surface area (Å²) in [6.45, 7) is 7.35. The summed E-state index contributed by atoms with van der Waals surface area (Å²) in [5.41, 5.74) is 6.77. The molecule has 0 bridgehead atoms. The van der Waals surface area contributed by atoms with Crippen LogP contribution in [0.3, 0.4) is 0 Å². The predicted octanol–water partition coefficient (Wildman–Crippen LogP) is 1.50. The second kappa shape index (κ2) is 6.12. The van der Waals surface area contributed by atoms with Crippen molar-refractivity contribution in [3.05, 3.63) is 24.5 Å². The van der Waals surface area contributed by atoms with E-state index in [0.717, 1.165) is 38.5 Å². The Balaban J connectivity index is 1.61. The van der Waals surface area contributed by atoms with Gasteiger partial charge in [-0.3, -0.25) is 4.90 Å². The van der Waals surface area contributed by atoms with E-state index in [1.807, 2.05) is 18.2 Å². The Kier molecular flexibility index (Phi) is 3.81. The molecule has 126 valence electrons. The molecule has 0 radical (unpaired) electrons. The summed E-state index contributed by atoms with van der Waals surface area (Å²) in [5.74, 6) is 2.32. The molecule has 4 rings (SSSR count). The molecule has 0 aromatic carbocycles. The van der Waals surface area contributed by atoms with E-state index in [2.05, 4.69) is 31.8 Å². The van der Waals surface area contributed by atoms with Crippen molar-refractivity contribution in [1.82, 2.24) is 24.5 Å². The van der Waals surface area contributed by atoms with Crippen LogP contribution in [0.5, 0.6) is 0 Å². The molecule has 0 amide bonds. The fraction of sp³-hybridized carbons (Fsp3) is 0.438. The first-order valence-electron chi connectivity index (χ1n) is 8.29. The fourth-order valence-corrected chi connectivity index (χ4v) is 3.09. The van der Waals surface area contributed by atoms with E-state index in [4.69, 9.17) is 10.2 Å². The maximum atomic E-state index is 6.09. The highest BCUT2D eigenvalue weighted by molar-refractivity contribution is 5.59. The van der Waals surface area contributed by atoms with Gasteiger partial charge in [0.25, 0.3) is 0 Å². The van der Waals surface area contributed by atoms with Crippen LogP contribution in [0.2, 0.25) is 0 Å². The minimum absolute atomic E-state index is 0.337. The molecule has 2 N–H and O–H groups in total. The van der Waals surface area contributed by atoms with Crippen LogP contribution in [-0.2, 0) is 0 Å². The third-order valence-electron chi connectivity index (χ3n) is 4.31. The lowest BCUT2D eigenvalue weighted by Crippen LogP contribution is -2.46. The Labute approximate surface area is 139 Å². The van der Waals surface area contributed by atoms with Gasteiger partial charge in [0.05, 0.1) is 6.26 Å². The average Bonchev–Trinajstić information content (AvgIpc) is 3.25. The number of fused-ring (bicyclic) bond motifs is 1. The number of nitrogens with two attached hydrogens (primary N) is 1. The Hall–Kier alpha value is -2.61. The number of hydrogen-bond donors (Lipinski definition) is 1. The van der Waals surface area contributed by atoms with Crippen molar-refractivity contribution in [3.8, 4) is 11.6 Å². The molecule has 0 unspecified atom stereocenters. The first kappa shape index (κ1) is 14.9. The maximum absolute atomic E-state index is 6.09. The van der Waals surface area contributed by atoms with E-state index in [1.165, 1.54) is 6.42 Å². The van der Waals surface area contributed by atoms with E-state index in [9.17, 15) is 0 Å². The molecule has 1 saturated heterocycles. The molecular formula is C16H21N7O. The highest BCUT2D eigenvalue weighted by Gasteiger charge is 2.20. The van der Waals surface area contributed by atoms with Crippen LogP contribution in [-0.4, -0.2) is 57.2 Å². The third kappa shape index (κ3) is 2.69. The van der Waals surface area contributed by atoms with Gasteiger partial charge in [0.1, 0.15) is 5.82 Å². The molecule has 24 heavy (non-hydrogen) atoms. The van der Waals surface area contributed by atoms with Crippen molar-refractivity contribution in [2.45, 2.75) is 13.3 Å². The van der Waals surface area contributed by atoms with Gasteiger partial charge in [0.15, 0.2) is 11.4 Å². The first-order chi connectivity index (χ1) is 11.7. The number of nitrogens with zero attached hydrogens (tertiary/aromatic N) is 6. The van der Waals surface area contributed by atoms with Crippen LogP contribution < -0.4 is 10.6 Å². The van der Waals surface area contributed by atoms with Crippen molar-refractivity contribution in [3.63, 3.8) is 0 Å². The van der Waals surface area contributed by atoms with Crippen molar-refractivity contribution in [2.24, 2.45) is 0 Å². The summed E-state index contributed by atoms with van der Waals surface area (Å²) in [4.78, 5) is 13.8. The summed E-state index contributed by atoms with van der Waals surface area (Å²) >= 11 is 0. The zero-order chi connectivity index (χ0) is 16.5. The summed E-state index contributed by atoms with van der Waals surface area (Å²) in [5, 5.41) is 4.37. The number of nitrogen functional groups attached to an aromatic ring is 1. The topological polar surface area (TPSA) is 88.7 Å². The van der Waals surface area contributed by atoms with Crippen LogP contribution in [0.4, 0.5) is 11.8 Å². The Morgan fingerprint density at radius 2 is 2.04 bits per heavy atom. The largest absolute Gasteiger partial charge is 0.461 e. The molecule has 4 heterocycles. The molecule has 1 fully saturated rings. The van der Waals surface area contributed by atoms with Crippen molar-refractivity contribution in [1.29, 1.82) is 0 Å². The van der Waals surface area contributed by atoms with Crippen LogP contribution in [0.25, 0.3) is 17.2 Å². The lowest BCUT2D eigenvalue weighted by molar-refractivity contribution is 0.258. The number of aromatic nitrogens is 4. The highest BCUT2D eigenvalue weighted by atomic mass is 16.3. The van der Waals surface area contributed by atoms with Crippen molar-refractivity contribution in [2.75, 3.05) is 43.4 Å². The van der Waals surface area contributed by atoms with E-state index < -0.39 is 0 Å². The van der Waals surface area contributed by atoms with Crippen LogP contribution in [0.1, 0.15) is 13.3 Å². The first-order valence-corrected chi connectivity index (χ1v) is 8.29. The smallest absolute Gasteiger partial charge is 0.225 e. The Morgan fingerprint density at radius 3 is 2.75 bits per heavy atom. The average molecular weight is 327 g/mol. The molecule has 3 aromatic rings. The number of rotatable bonds is 4. The quantitative estimate of drug-likeness (QED) is 0.776. The number of anilines is 2. The van der Waals surface area contributed by atoms with Gasteiger partial charge in [-0.15, -0.1) is 5.10 Å². The van der Waals surface area contributed by atoms with Crippen LogP contribution in [0.15, 0.2) is 28.9 Å². The minimum atomic E-state index is 0.337. The molecule has 8 nitrogen and oxygen atoms in total. The van der Waals surface area contributed by atoms with Gasteiger partial charge >= 0.3 is 0 Å². The van der Waals surface area contributed by atoms with Gasteiger partial charge in [0.2, 0.25) is 11.8 Å². The molecule has 1 aliphatic heterocycles. The van der Waals surface area contributed by atoms with E-state index in [0.29, 0.717) is 23.2 Å². The second-order valence-electron chi connectivity index (χ2n) is 5.98. The summed E-state index contributed by atoms with van der Waals surface area (Å²) in [7, 11) is 0. The van der Waals surface area contributed by atoms with Gasteiger partial charge in [-0.25, -0.2) is 4.98 Å². The highest BCUT2D eigenvalue weighted by Crippen LogP contribution is 2.21. The predicted molar refractivity (Wildman–Crippen MR) is 91.8 cm³/mol. The summed E-state index contributed by atoms with van der Waals surface area (Å²) < 4.78 is 6.91. The van der Waals surface area contributed by atoms with E-state index in [1.54, 1.807) is 10.8 Å². The zero-order valence-corrected chi connectivity index (χ0v) is 13.7. The molecule has 0 spiro atoms. The van der Waals surface area contributed by atoms with Gasteiger partial charge < -0.3 is 15.1 Å². The molecule has 1 aliphatic rings. The van der Waals surface area contributed by atoms with E-state index >= 15 is 0 Å². The number of piperazine rings is 1. The van der Waals surface area contributed by atoms with Crippen molar-refractivity contribution >= 4 is 17.4 Å². The minimum Gasteiger partial charge on any atom is -0.461 e. The Bertz CT molecular complexity index is 818. The Morgan fingerprint density at radius 1 is 1.21 bits per heavy atom. The lowest BCUT2D eigenvalue weighted by atomic mass is 10.3. The van der Waals surface area contributed by atoms with Gasteiger partial charge in [-0.1, -0.05) is 6.92 Å². The lowest BCUT2D eigenvalue weighted by Gasteiger charge is -2.35. The van der Waals surface area contributed by atoms with Crippen LogP contribution in [0, 0.1) is 0 Å². The zero-order valence-electron chi connectivity index (χ0n) is 13.7. The fourth-order valence-electron chi connectivity index (χ4n) is 3.09. The molecule has 0 atom stereocenters. The molecule has 0 aliphatic carbocycles. The van der Waals surface area contributed by atoms with Gasteiger partial charge in [-0.2, -0.15) is 9.50 Å². The standard InChI is InChI=1S/C16H21N7O/c1-2-5-21-6-8-22(9-7-21)13-11-14-18-15(12-4-3-10-24-12)20-23(14)16(17)19-13/h3-4,10-11H,2,5-9H2,1H3,(H2,17,19). The summed E-state index contributed by atoms with van der Waals surface area (Å²) in [6, 6.07) is 5.57. The third-order valence-corrected chi connectivity index (χ3v) is 4.31. The molecule has 8 heteroatoms. The van der Waals surface area contributed by atoms with E-state index in [-0.39, 0.29) is 0 Å². The van der Waals surface area contributed by atoms with Crippen LogP contribution >= 0.6 is 0 Å². The molecule has 3 aromatic heterocycles. The second-order valence-corrected chi connectivity index (χ2v) is 5.98.